The van der Waals surface area contributed by atoms with Crippen LogP contribution in [0.4, 0.5) is 5.13 Å². The van der Waals surface area contributed by atoms with E-state index in [9.17, 15) is 9.59 Å². The number of amides is 2. The molecule has 0 aliphatic heterocycles. The van der Waals surface area contributed by atoms with Crippen molar-refractivity contribution in [3.8, 4) is 5.69 Å². The molecule has 9 nitrogen and oxygen atoms in total. The van der Waals surface area contributed by atoms with Crippen LogP contribution in [0.25, 0.3) is 5.69 Å². The molecule has 0 atom stereocenters. The Bertz CT molecular complexity index is 826. The Morgan fingerprint density at radius 1 is 1.26 bits per heavy atom. The van der Waals surface area contributed by atoms with Crippen LogP contribution in [0.15, 0.2) is 36.8 Å². The van der Waals surface area contributed by atoms with Gasteiger partial charge in [0.2, 0.25) is 5.91 Å². The summed E-state index contributed by atoms with van der Waals surface area (Å²) >= 11 is 1.04. The average molecular weight is 329 g/mol. The van der Waals surface area contributed by atoms with E-state index >= 15 is 0 Å². The number of hydrogen-bond donors (Lipinski definition) is 2. The highest BCUT2D eigenvalue weighted by Crippen LogP contribution is 2.17. The van der Waals surface area contributed by atoms with Crippen molar-refractivity contribution < 1.29 is 9.59 Å². The average Bonchev–Trinajstić information content (AvgIpc) is 3.19. The van der Waals surface area contributed by atoms with Crippen molar-refractivity contribution in [3.63, 3.8) is 0 Å². The van der Waals surface area contributed by atoms with Gasteiger partial charge in [0.15, 0.2) is 5.13 Å². The van der Waals surface area contributed by atoms with Crippen molar-refractivity contribution in [2.24, 2.45) is 5.73 Å². The van der Waals surface area contributed by atoms with E-state index in [4.69, 9.17) is 5.73 Å². The minimum absolute atomic E-state index is 0.182. The van der Waals surface area contributed by atoms with Gasteiger partial charge in [0, 0.05) is 0 Å². The lowest BCUT2D eigenvalue weighted by Crippen LogP contribution is -2.14. The number of nitrogens with one attached hydrogen (secondary N) is 1. The van der Waals surface area contributed by atoms with Gasteiger partial charge < -0.3 is 11.1 Å². The standard InChI is InChI=1S/C13H11N7O2S/c14-12(22)10-6-15-13(23-10)17-11(21)5-8-1-3-9(4-2-8)20-7-16-18-19-20/h1-4,6-7H,5H2,(H2,14,22)(H,15,17,21). The molecule has 0 bridgehead atoms. The van der Waals surface area contributed by atoms with Gasteiger partial charge in [-0.2, -0.15) is 0 Å². The molecule has 23 heavy (non-hydrogen) atoms. The van der Waals surface area contributed by atoms with E-state index in [1.165, 1.54) is 17.2 Å². The molecule has 0 aliphatic carbocycles. The zero-order valence-corrected chi connectivity index (χ0v) is 12.5. The molecule has 2 amide bonds. The Balaban J connectivity index is 1.62. The van der Waals surface area contributed by atoms with Gasteiger partial charge in [-0.15, -0.1) is 5.10 Å². The van der Waals surface area contributed by atoms with E-state index in [0.29, 0.717) is 10.0 Å². The predicted octanol–water partition coefficient (Wildman–Crippen LogP) is 0.399. The third kappa shape index (κ3) is 3.55. The van der Waals surface area contributed by atoms with Crippen LogP contribution >= 0.6 is 11.3 Å². The van der Waals surface area contributed by atoms with Crippen LogP contribution in [-0.4, -0.2) is 37.0 Å². The van der Waals surface area contributed by atoms with Gasteiger partial charge in [-0.25, -0.2) is 9.67 Å². The Labute approximate surface area is 134 Å². The molecule has 3 N–H and O–H groups in total. The highest BCUT2D eigenvalue weighted by Gasteiger charge is 2.10. The molecule has 0 unspecified atom stereocenters. The number of anilines is 1. The summed E-state index contributed by atoms with van der Waals surface area (Å²) in [4.78, 5) is 27.2. The first-order valence-corrected chi connectivity index (χ1v) is 7.31. The van der Waals surface area contributed by atoms with Gasteiger partial charge in [-0.05, 0) is 28.1 Å². The summed E-state index contributed by atoms with van der Waals surface area (Å²) < 4.78 is 1.52. The molecule has 116 valence electrons. The smallest absolute Gasteiger partial charge is 0.260 e. The minimum atomic E-state index is -0.568. The summed E-state index contributed by atoms with van der Waals surface area (Å²) in [5.74, 6) is -0.799. The molecule has 0 radical (unpaired) electrons. The third-order valence-electron chi connectivity index (χ3n) is 2.91. The Morgan fingerprint density at radius 3 is 2.65 bits per heavy atom. The first-order chi connectivity index (χ1) is 11.1. The Kier molecular flexibility index (Phi) is 4.06. The lowest BCUT2D eigenvalue weighted by molar-refractivity contribution is -0.115. The van der Waals surface area contributed by atoms with Gasteiger partial charge in [-0.3, -0.25) is 9.59 Å². The normalized spacial score (nSPS) is 10.4. The van der Waals surface area contributed by atoms with Crippen LogP contribution in [0.5, 0.6) is 0 Å². The number of carbonyl (C=O) groups excluding carboxylic acids is 2. The first-order valence-electron chi connectivity index (χ1n) is 6.49. The van der Waals surface area contributed by atoms with E-state index in [1.807, 2.05) is 24.3 Å². The molecule has 0 saturated heterocycles. The van der Waals surface area contributed by atoms with Gasteiger partial charge in [-0.1, -0.05) is 23.5 Å². The van der Waals surface area contributed by atoms with Crippen LogP contribution in [0.3, 0.4) is 0 Å². The molecular formula is C13H11N7O2S. The van der Waals surface area contributed by atoms with Crippen molar-refractivity contribution >= 4 is 28.3 Å². The molecule has 0 fully saturated rings. The second-order valence-corrected chi connectivity index (χ2v) is 5.57. The summed E-state index contributed by atoms with van der Waals surface area (Å²) in [6.07, 6.45) is 3.01. The number of thiazole rings is 1. The predicted molar refractivity (Wildman–Crippen MR) is 82.1 cm³/mol. The molecule has 10 heteroatoms. The third-order valence-corrected chi connectivity index (χ3v) is 3.84. The van der Waals surface area contributed by atoms with Crippen molar-refractivity contribution in [1.29, 1.82) is 0 Å². The number of tetrazole rings is 1. The number of hydrogen-bond acceptors (Lipinski definition) is 7. The van der Waals surface area contributed by atoms with E-state index in [-0.39, 0.29) is 12.3 Å². The lowest BCUT2D eigenvalue weighted by Gasteiger charge is -2.04. The Morgan fingerprint density at radius 2 is 2.04 bits per heavy atom. The molecule has 1 aromatic carbocycles. The number of rotatable bonds is 5. The maximum Gasteiger partial charge on any atom is 0.260 e. The van der Waals surface area contributed by atoms with Crippen molar-refractivity contribution in [2.45, 2.75) is 6.42 Å². The van der Waals surface area contributed by atoms with E-state index in [0.717, 1.165) is 22.6 Å². The molecule has 2 aromatic heterocycles. The molecule has 0 aliphatic rings. The summed E-state index contributed by atoms with van der Waals surface area (Å²) in [5, 5.41) is 13.9. The Hall–Kier alpha value is -3.14. The van der Waals surface area contributed by atoms with Crippen molar-refractivity contribution in [1.82, 2.24) is 25.2 Å². The zero-order valence-electron chi connectivity index (χ0n) is 11.7. The van der Waals surface area contributed by atoms with Gasteiger partial charge >= 0.3 is 0 Å². The fourth-order valence-electron chi connectivity index (χ4n) is 1.84. The van der Waals surface area contributed by atoms with Crippen LogP contribution in [-0.2, 0) is 11.2 Å². The molecule has 3 aromatic rings. The highest BCUT2D eigenvalue weighted by molar-refractivity contribution is 7.17. The summed E-state index contributed by atoms with van der Waals surface area (Å²) in [7, 11) is 0. The number of nitrogens with zero attached hydrogens (tertiary/aromatic N) is 5. The number of benzene rings is 1. The van der Waals surface area contributed by atoms with Crippen LogP contribution < -0.4 is 11.1 Å². The van der Waals surface area contributed by atoms with Crippen LogP contribution in [0.1, 0.15) is 15.2 Å². The lowest BCUT2D eigenvalue weighted by atomic mass is 10.1. The molecular weight excluding hydrogens is 318 g/mol. The monoisotopic (exact) mass is 329 g/mol. The second-order valence-electron chi connectivity index (χ2n) is 4.54. The van der Waals surface area contributed by atoms with Crippen LogP contribution in [0.2, 0.25) is 0 Å². The van der Waals surface area contributed by atoms with E-state index in [2.05, 4.69) is 25.8 Å². The maximum absolute atomic E-state index is 12.0. The van der Waals surface area contributed by atoms with Crippen LogP contribution in [0, 0.1) is 0 Å². The summed E-state index contributed by atoms with van der Waals surface area (Å²) in [6, 6.07) is 7.25. The van der Waals surface area contributed by atoms with Gasteiger partial charge in [0.05, 0.1) is 18.3 Å². The SMILES string of the molecule is NC(=O)c1cnc(NC(=O)Cc2ccc(-n3cnnn3)cc2)s1. The minimum Gasteiger partial charge on any atom is -0.365 e. The molecule has 3 rings (SSSR count). The second kappa shape index (κ2) is 6.32. The topological polar surface area (TPSA) is 129 Å². The van der Waals surface area contributed by atoms with E-state index in [1.54, 1.807) is 0 Å². The van der Waals surface area contributed by atoms with E-state index < -0.39 is 5.91 Å². The fraction of sp³-hybridized carbons (Fsp3) is 0.0769. The first kappa shape index (κ1) is 14.8. The maximum atomic E-state index is 12.0. The zero-order chi connectivity index (χ0) is 16.2. The highest BCUT2D eigenvalue weighted by atomic mass is 32.1. The number of nitrogens with two attached hydrogens (primary N) is 1. The number of carbonyl (C=O) groups is 2. The molecule has 0 saturated carbocycles. The van der Waals surface area contributed by atoms with Gasteiger partial charge in [0.25, 0.3) is 5.91 Å². The summed E-state index contributed by atoms with van der Waals surface area (Å²) in [6.45, 7) is 0. The number of aromatic nitrogens is 5. The van der Waals surface area contributed by atoms with Crippen molar-refractivity contribution in [2.75, 3.05) is 5.32 Å². The molecule has 0 spiro atoms. The largest absolute Gasteiger partial charge is 0.365 e. The quantitative estimate of drug-likeness (QED) is 0.697. The van der Waals surface area contributed by atoms with Crippen molar-refractivity contribution in [3.05, 3.63) is 47.2 Å². The summed E-state index contributed by atoms with van der Waals surface area (Å²) in [5.41, 5.74) is 6.76. The van der Waals surface area contributed by atoms with Gasteiger partial charge in [0.1, 0.15) is 11.2 Å². The fourth-order valence-corrected chi connectivity index (χ4v) is 2.53. The molecule has 2 heterocycles. The number of primary amides is 1.